The first kappa shape index (κ1) is 16.9. The molecule has 22 heavy (non-hydrogen) atoms. The van der Waals surface area contributed by atoms with Gasteiger partial charge < -0.3 is 10.1 Å². The Labute approximate surface area is 144 Å². The van der Waals surface area contributed by atoms with Gasteiger partial charge in [-0.05, 0) is 36.8 Å². The Balaban J connectivity index is 1.90. The number of halogens is 3. The first-order chi connectivity index (χ1) is 10.5. The third-order valence-corrected chi connectivity index (χ3v) is 3.80. The van der Waals surface area contributed by atoms with Crippen LogP contribution in [0.5, 0.6) is 5.75 Å². The van der Waals surface area contributed by atoms with Crippen molar-refractivity contribution in [3.05, 3.63) is 63.1 Å². The van der Waals surface area contributed by atoms with Gasteiger partial charge in [-0.1, -0.05) is 46.9 Å². The van der Waals surface area contributed by atoms with Crippen LogP contribution in [0.2, 0.25) is 15.1 Å². The molecule has 0 aliphatic heterocycles. The lowest BCUT2D eigenvalue weighted by Gasteiger charge is -2.15. The molecule has 0 saturated heterocycles. The Hall–Kier alpha value is -1.42. The van der Waals surface area contributed by atoms with Crippen LogP contribution in [0.15, 0.2) is 42.5 Å². The summed E-state index contributed by atoms with van der Waals surface area (Å²) in [4.78, 5) is 11.9. The third kappa shape index (κ3) is 4.80. The first-order valence-corrected chi connectivity index (χ1v) is 7.72. The molecule has 0 radical (unpaired) electrons. The number of hydrogen-bond acceptors (Lipinski definition) is 2. The van der Waals surface area contributed by atoms with Gasteiger partial charge in [-0.25, -0.2) is 0 Å². The molecular formula is C16H14Cl3NO2. The average molecular weight is 359 g/mol. The molecule has 0 saturated carbocycles. The molecule has 2 rings (SSSR count). The molecule has 0 heterocycles. The third-order valence-electron chi connectivity index (χ3n) is 3.00. The Morgan fingerprint density at radius 3 is 2.41 bits per heavy atom. The summed E-state index contributed by atoms with van der Waals surface area (Å²) in [5.41, 5.74) is 0.957. The largest absolute Gasteiger partial charge is 0.482 e. The highest BCUT2D eigenvalue weighted by molar-refractivity contribution is 6.34. The minimum atomic E-state index is -0.251. The van der Waals surface area contributed by atoms with Crippen molar-refractivity contribution in [2.45, 2.75) is 13.0 Å². The van der Waals surface area contributed by atoms with E-state index >= 15 is 0 Å². The molecule has 0 bridgehead atoms. The van der Waals surface area contributed by atoms with E-state index in [9.17, 15) is 4.79 Å². The van der Waals surface area contributed by atoms with Gasteiger partial charge in [0.2, 0.25) is 0 Å². The monoisotopic (exact) mass is 357 g/mol. The second kappa shape index (κ2) is 7.73. The van der Waals surface area contributed by atoms with E-state index in [1.54, 1.807) is 30.3 Å². The van der Waals surface area contributed by atoms with Crippen molar-refractivity contribution in [1.29, 1.82) is 0 Å². The lowest BCUT2D eigenvalue weighted by Crippen LogP contribution is -2.31. The summed E-state index contributed by atoms with van der Waals surface area (Å²) < 4.78 is 5.39. The van der Waals surface area contributed by atoms with Crippen LogP contribution in [0, 0.1) is 0 Å². The summed E-state index contributed by atoms with van der Waals surface area (Å²) >= 11 is 17.7. The van der Waals surface area contributed by atoms with Gasteiger partial charge in [-0.3, -0.25) is 4.79 Å². The van der Waals surface area contributed by atoms with Gasteiger partial charge in [0.15, 0.2) is 6.61 Å². The number of hydrogen-bond donors (Lipinski definition) is 1. The maximum absolute atomic E-state index is 11.9. The molecule has 1 N–H and O–H groups in total. The molecule has 0 aliphatic rings. The SMILES string of the molecule is C[C@@H](NC(=O)COc1cc(Cl)ccc1Cl)c1ccc(Cl)cc1. The maximum atomic E-state index is 11.9. The quantitative estimate of drug-likeness (QED) is 0.825. The van der Waals surface area contributed by atoms with Gasteiger partial charge in [0.1, 0.15) is 5.75 Å². The van der Waals surface area contributed by atoms with Crippen LogP contribution in [0.3, 0.4) is 0 Å². The maximum Gasteiger partial charge on any atom is 0.258 e. The Morgan fingerprint density at radius 2 is 1.73 bits per heavy atom. The lowest BCUT2D eigenvalue weighted by atomic mass is 10.1. The molecule has 1 amide bonds. The normalized spacial score (nSPS) is 11.8. The van der Waals surface area contributed by atoms with Crippen LogP contribution in [0.25, 0.3) is 0 Å². The van der Waals surface area contributed by atoms with Gasteiger partial charge in [0.25, 0.3) is 5.91 Å². The predicted molar refractivity (Wildman–Crippen MR) is 90.0 cm³/mol. The van der Waals surface area contributed by atoms with Crippen molar-refractivity contribution in [1.82, 2.24) is 5.32 Å². The molecule has 0 fully saturated rings. The fourth-order valence-corrected chi connectivity index (χ4v) is 2.31. The number of rotatable bonds is 5. The molecule has 0 aromatic heterocycles. The van der Waals surface area contributed by atoms with Crippen molar-refractivity contribution in [3.8, 4) is 5.75 Å². The number of amides is 1. The molecule has 0 aliphatic carbocycles. The van der Waals surface area contributed by atoms with E-state index in [1.807, 2.05) is 19.1 Å². The standard InChI is InChI=1S/C16H14Cl3NO2/c1-10(11-2-4-12(17)5-3-11)20-16(21)9-22-15-8-13(18)6-7-14(15)19/h2-8,10H,9H2,1H3,(H,20,21)/t10-/m1/s1. The minimum Gasteiger partial charge on any atom is -0.482 e. The van der Waals surface area contributed by atoms with E-state index in [2.05, 4.69) is 5.32 Å². The van der Waals surface area contributed by atoms with Gasteiger partial charge in [0.05, 0.1) is 11.1 Å². The summed E-state index contributed by atoms with van der Waals surface area (Å²) in [7, 11) is 0. The zero-order valence-corrected chi connectivity index (χ0v) is 14.0. The molecule has 3 nitrogen and oxygen atoms in total. The topological polar surface area (TPSA) is 38.3 Å². The van der Waals surface area contributed by atoms with Crippen LogP contribution in [-0.2, 0) is 4.79 Å². The molecule has 0 spiro atoms. The molecular weight excluding hydrogens is 345 g/mol. The van der Waals surface area contributed by atoms with Crippen molar-refractivity contribution >= 4 is 40.7 Å². The molecule has 1 atom stereocenters. The fourth-order valence-electron chi connectivity index (χ4n) is 1.85. The second-order valence-electron chi connectivity index (χ2n) is 4.70. The molecule has 116 valence electrons. The van der Waals surface area contributed by atoms with E-state index < -0.39 is 0 Å². The average Bonchev–Trinajstić information content (AvgIpc) is 2.49. The fraction of sp³-hybridized carbons (Fsp3) is 0.188. The smallest absolute Gasteiger partial charge is 0.258 e. The second-order valence-corrected chi connectivity index (χ2v) is 5.98. The number of nitrogens with one attached hydrogen (secondary N) is 1. The summed E-state index contributed by atoms with van der Waals surface area (Å²) in [6.45, 7) is 1.74. The molecule has 2 aromatic rings. The zero-order valence-electron chi connectivity index (χ0n) is 11.8. The lowest BCUT2D eigenvalue weighted by molar-refractivity contribution is -0.123. The summed E-state index contributed by atoms with van der Waals surface area (Å²) in [5, 5.41) is 4.39. The van der Waals surface area contributed by atoms with E-state index in [0.717, 1.165) is 5.56 Å². The number of benzene rings is 2. The van der Waals surface area contributed by atoms with Gasteiger partial charge in [-0.2, -0.15) is 0 Å². The summed E-state index contributed by atoms with van der Waals surface area (Å²) in [5.74, 6) is 0.127. The highest BCUT2D eigenvalue weighted by Crippen LogP contribution is 2.27. The first-order valence-electron chi connectivity index (χ1n) is 6.58. The highest BCUT2D eigenvalue weighted by Gasteiger charge is 2.11. The van der Waals surface area contributed by atoms with Crippen molar-refractivity contribution in [2.75, 3.05) is 6.61 Å². The summed E-state index contributed by atoms with van der Waals surface area (Å²) in [6.07, 6.45) is 0. The van der Waals surface area contributed by atoms with Gasteiger partial charge in [-0.15, -0.1) is 0 Å². The van der Waals surface area contributed by atoms with E-state index in [4.69, 9.17) is 39.5 Å². The minimum absolute atomic E-state index is 0.141. The van der Waals surface area contributed by atoms with E-state index in [0.29, 0.717) is 20.8 Å². The van der Waals surface area contributed by atoms with E-state index in [-0.39, 0.29) is 18.6 Å². The molecule has 6 heteroatoms. The zero-order chi connectivity index (χ0) is 16.1. The Morgan fingerprint density at radius 1 is 1.09 bits per heavy atom. The van der Waals surface area contributed by atoms with Gasteiger partial charge in [0, 0.05) is 16.1 Å². The number of carbonyl (C=O) groups excluding carboxylic acids is 1. The van der Waals surface area contributed by atoms with Crippen LogP contribution in [0.4, 0.5) is 0 Å². The van der Waals surface area contributed by atoms with Crippen LogP contribution in [0.1, 0.15) is 18.5 Å². The summed E-state index contributed by atoms with van der Waals surface area (Å²) in [6, 6.07) is 12.0. The predicted octanol–water partition coefficient (Wildman–Crippen LogP) is 4.90. The van der Waals surface area contributed by atoms with Crippen LogP contribution in [-0.4, -0.2) is 12.5 Å². The van der Waals surface area contributed by atoms with E-state index in [1.165, 1.54) is 0 Å². The Kier molecular flexibility index (Phi) is 5.95. The Bertz CT molecular complexity index is 659. The number of ether oxygens (including phenoxy) is 1. The molecule has 0 unspecified atom stereocenters. The van der Waals surface area contributed by atoms with Crippen LogP contribution < -0.4 is 10.1 Å². The highest BCUT2D eigenvalue weighted by atomic mass is 35.5. The molecule has 2 aromatic carbocycles. The number of carbonyl (C=O) groups is 1. The van der Waals surface area contributed by atoms with Gasteiger partial charge >= 0.3 is 0 Å². The van der Waals surface area contributed by atoms with Crippen molar-refractivity contribution < 1.29 is 9.53 Å². The van der Waals surface area contributed by atoms with Crippen LogP contribution >= 0.6 is 34.8 Å². The van der Waals surface area contributed by atoms with Crippen molar-refractivity contribution in [2.24, 2.45) is 0 Å². The van der Waals surface area contributed by atoms with Crippen molar-refractivity contribution in [3.63, 3.8) is 0 Å².